The van der Waals surface area contributed by atoms with Crippen molar-refractivity contribution >= 4 is 29.0 Å². The number of thioether (sulfide) groups is 1. The van der Waals surface area contributed by atoms with Crippen LogP contribution in [-0.4, -0.2) is 31.8 Å². The summed E-state index contributed by atoms with van der Waals surface area (Å²) in [5.74, 6) is 0.532. The lowest BCUT2D eigenvalue weighted by molar-refractivity contribution is -0.384. The van der Waals surface area contributed by atoms with Gasteiger partial charge in [-0.15, -0.1) is 5.10 Å². The Morgan fingerprint density at radius 2 is 1.96 bits per heavy atom. The number of carbonyl (C=O) groups excluding carboxylic acids is 1. The highest BCUT2D eigenvalue weighted by Gasteiger charge is 2.12. The maximum Gasteiger partial charge on any atom is 0.269 e. The summed E-state index contributed by atoms with van der Waals surface area (Å²) >= 11 is 1.21. The van der Waals surface area contributed by atoms with Gasteiger partial charge in [-0.25, -0.2) is 4.98 Å². The molecule has 138 valence electrons. The molecule has 1 aromatic heterocycles. The van der Waals surface area contributed by atoms with Crippen molar-refractivity contribution < 1.29 is 9.72 Å². The standard InChI is InChI=1S/C18H17N5O3S/c1-11-3-5-13(6-4-11)17-20-18(22-21-17)27-10-16(24)19-15-8-7-14(23(25)26)9-12(15)2/h3-9H,10H2,1-2H3,(H,19,24)(H,20,21,22). The van der Waals surface area contributed by atoms with Crippen LogP contribution in [0.5, 0.6) is 0 Å². The molecule has 3 aromatic rings. The first kappa shape index (κ1) is 18.6. The zero-order chi connectivity index (χ0) is 19.4. The number of hydrogen-bond donors (Lipinski definition) is 2. The zero-order valence-corrected chi connectivity index (χ0v) is 15.5. The third-order valence-electron chi connectivity index (χ3n) is 3.82. The molecule has 0 aliphatic heterocycles. The normalized spacial score (nSPS) is 10.6. The number of aromatic amines is 1. The van der Waals surface area contributed by atoms with Crippen molar-refractivity contribution in [1.82, 2.24) is 15.2 Å². The van der Waals surface area contributed by atoms with Crippen molar-refractivity contribution in [3.63, 3.8) is 0 Å². The van der Waals surface area contributed by atoms with Crippen LogP contribution in [0.25, 0.3) is 11.4 Å². The van der Waals surface area contributed by atoms with Gasteiger partial charge < -0.3 is 5.32 Å². The number of aromatic nitrogens is 3. The van der Waals surface area contributed by atoms with Crippen molar-refractivity contribution in [2.75, 3.05) is 11.1 Å². The number of non-ortho nitro benzene ring substituents is 1. The maximum absolute atomic E-state index is 12.1. The molecule has 0 spiro atoms. The monoisotopic (exact) mass is 383 g/mol. The van der Waals surface area contributed by atoms with Gasteiger partial charge in [0.2, 0.25) is 11.1 Å². The summed E-state index contributed by atoms with van der Waals surface area (Å²) in [4.78, 5) is 26.8. The predicted octanol–water partition coefficient (Wildman–Crippen LogP) is 3.73. The number of nitrogens with one attached hydrogen (secondary N) is 2. The van der Waals surface area contributed by atoms with Gasteiger partial charge in [0.05, 0.1) is 10.7 Å². The number of carbonyl (C=O) groups is 1. The minimum atomic E-state index is -0.469. The Morgan fingerprint density at radius 1 is 1.22 bits per heavy atom. The number of nitro benzene ring substituents is 1. The molecule has 0 atom stereocenters. The van der Waals surface area contributed by atoms with Crippen LogP contribution in [0.15, 0.2) is 47.6 Å². The summed E-state index contributed by atoms with van der Waals surface area (Å²) in [5.41, 5.74) is 3.24. The first-order valence-electron chi connectivity index (χ1n) is 8.09. The smallest absolute Gasteiger partial charge is 0.269 e. The summed E-state index contributed by atoms with van der Waals surface area (Å²) < 4.78 is 0. The molecule has 8 nitrogen and oxygen atoms in total. The number of hydrogen-bond acceptors (Lipinski definition) is 6. The SMILES string of the molecule is Cc1ccc(-c2nc(SCC(=O)Nc3ccc([N+](=O)[O-])cc3C)n[nH]2)cc1. The third kappa shape index (κ3) is 4.70. The predicted molar refractivity (Wildman–Crippen MR) is 104 cm³/mol. The Hall–Kier alpha value is -3.20. The fourth-order valence-corrected chi connectivity index (χ4v) is 2.97. The quantitative estimate of drug-likeness (QED) is 0.381. The summed E-state index contributed by atoms with van der Waals surface area (Å²) in [6.07, 6.45) is 0. The summed E-state index contributed by atoms with van der Waals surface area (Å²) in [5, 5.41) is 21.0. The number of benzene rings is 2. The van der Waals surface area contributed by atoms with E-state index in [-0.39, 0.29) is 17.3 Å². The Balaban J connectivity index is 1.58. The molecule has 1 heterocycles. The fourth-order valence-electron chi connectivity index (χ4n) is 2.37. The Bertz CT molecular complexity index is 985. The fraction of sp³-hybridized carbons (Fsp3) is 0.167. The topological polar surface area (TPSA) is 114 Å². The van der Waals surface area contributed by atoms with E-state index in [4.69, 9.17) is 0 Å². The van der Waals surface area contributed by atoms with Gasteiger partial charge in [0.1, 0.15) is 0 Å². The van der Waals surface area contributed by atoms with Crippen molar-refractivity contribution in [3.8, 4) is 11.4 Å². The van der Waals surface area contributed by atoms with Gasteiger partial charge in [-0.3, -0.25) is 20.0 Å². The van der Waals surface area contributed by atoms with E-state index in [0.717, 1.165) is 11.1 Å². The van der Waals surface area contributed by atoms with E-state index in [1.54, 1.807) is 6.92 Å². The van der Waals surface area contributed by atoms with Crippen LogP contribution in [-0.2, 0) is 4.79 Å². The molecule has 0 aliphatic carbocycles. The van der Waals surface area contributed by atoms with Gasteiger partial charge in [-0.1, -0.05) is 41.6 Å². The second-order valence-corrected chi connectivity index (χ2v) is 6.87. The second-order valence-electron chi connectivity index (χ2n) is 5.93. The lowest BCUT2D eigenvalue weighted by Gasteiger charge is -2.07. The van der Waals surface area contributed by atoms with E-state index in [1.165, 1.54) is 30.0 Å². The van der Waals surface area contributed by atoms with Crippen LogP contribution < -0.4 is 5.32 Å². The summed E-state index contributed by atoms with van der Waals surface area (Å²) in [6.45, 7) is 3.72. The van der Waals surface area contributed by atoms with Gasteiger partial charge in [0.15, 0.2) is 5.82 Å². The van der Waals surface area contributed by atoms with E-state index in [1.807, 2.05) is 31.2 Å². The molecule has 0 unspecified atom stereocenters. The van der Waals surface area contributed by atoms with Crippen molar-refractivity contribution in [2.24, 2.45) is 0 Å². The van der Waals surface area contributed by atoms with Crippen LogP contribution in [0.1, 0.15) is 11.1 Å². The lowest BCUT2D eigenvalue weighted by atomic mass is 10.1. The van der Waals surface area contributed by atoms with Gasteiger partial charge in [-0.2, -0.15) is 0 Å². The maximum atomic E-state index is 12.1. The molecule has 0 saturated heterocycles. The number of nitro groups is 1. The van der Waals surface area contributed by atoms with Gasteiger partial charge in [-0.05, 0) is 25.5 Å². The summed E-state index contributed by atoms with van der Waals surface area (Å²) in [7, 11) is 0. The Morgan fingerprint density at radius 3 is 2.63 bits per heavy atom. The molecule has 0 fully saturated rings. The number of rotatable bonds is 6. The molecule has 1 amide bonds. The average molecular weight is 383 g/mol. The Kier molecular flexibility index (Phi) is 5.51. The number of anilines is 1. The van der Waals surface area contributed by atoms with Crippen LogP contribution in [0, 0.1) is 24.0 Å². The minimum Gasteiger partial charge on any atom is -0.325 e. The zero-order valence-electron chi connectivity index (χ0n) is 14.7. The molecule has 9 heteroatoms. The third-order valence-corrected chi connectivity index (χ3v) is 4.66. The van der Waals surface area contributed by atoms with Crippen LogP contribution in [0.4, 0.5) is 11.4 Å². The highest BCUT2D eigenvalue weighted by atomic mass is 32.2. The van der Waals surface area contributed by atoms with E-state index in [0.29, 0.717) is 22.2 Å². The highest BCUT2D eigenvalue weighted by Crippen LogP contribution is 2.23. The average Bonchev–Trinajstić information content (AvgIpc) is 3.11. The van der Waals surface area contributed by atoms with Crippen LogP contribution >= 0.6 is 11.8 Å². The second kappa shape index (κ2) is 8.00. The first-order chi connectivity index (χ1) is 12.9. The highest BCUT2D eigenvalue weighted by molar-refractivity contribution is 7.99. The number of nitrogens with zero attached hydrogens (tertiary/aromatic N) is 3. The molecule has 27 heavy (non-hydrogen) atoms. The van der Waals surface area contributed by atoms with E-state index in [9.17, 15) is 14.9 Å². The van der Waals surface area contributed by atoms with E-state index < -0.39 is 4.92 Å². The molecule has 0 saturated carbocycles. The van der Waals surface area contributed by atoms with Crippen molar-refractivity contribution in [1.29, 1.82) is 0 Å². The lowest BCUT2D eigenvalue weighted by Crippen LogP contribution is -2.15. The van der Waals surface area contributed by atoms with Crippen LogP contribution in [0.2, 0.25) is 0 Å². The molecular formula is C18H17N5O3S. The largest absolute Gasteiger partial charge is 0.325 e. The van der Waals surface area contributed by atoms with Gasteiger partial charge in [0.25, 0.3) is 5.69 Å². The van der Waals surface area contributed by atoms with Crippen LogP contribution in [0.3, 0.4) is 0 Å². The van der Waals surface area contributed by atoms with Gasteiger partial charge in [0, 0.05) is 23.4 Å². The van der Waals surface area contributed by atoms with Crippen molar-refractivity contribution in [2.45, 2.75) is 19.0 Å². The molecule has 0 bridgehead atoms. The molecule has 2 N–H and O–H groups in total. The number of H-pyrrole nitrogens is 1. The van der Waals surface area contributed by atoms with Crippen molar-refractivity contribution in [3.05, 3.63) is 63.7 Å². The van der Waals surface area contributed by atoms with E-state index >= 15 is 0 Å². The summed E-state index contributed by atoms with van der Waals surface area (Å²) in [6, 6.07) is 12.2. The van der Waals surface area contributed by atoms with E-state index in [2.05, 4.69) is 20.5 Å². The Labute approximate surface area is 159 Å². The molecule has 3 rings (SSSR count). The number of amides is 1. The molecular weight excluding hydrogens is 366 g/mol. The minimum absolute atomic E-state index is 0.00997. The molecule has 0 radical (unpaired) electrons. The molecule has 0 aliphatic rings. The molecule has 2 aromatic carbocycles. The first-order valence-corrected chi connectivity index (χ1v) is 9.08. The number of aryl methyl sites for hydroxylation is 2. The van der Waals surface area contributed by atoms with Gasteiger partial charge >= 0.3 is 0 Å².